The first-order valence-electron chi connectivity index (χ1n) is 12.9. The summed E-state index contributed by atoms with van der Waals surface area (Å²) in [4.78, 5) is 22.2. The van der Waals surface area contributed by atoms with Crippen molar-refractivity contribution in [2.75, 3.05) is 26.2 Å². The maximum absolute atomic E-state index is 12.6. The van der Waals surface area contributed by atoms with Gasteiger partial charge in [-0.3, -0.25) is 9.78 Å². The predicted molar refractivity (Wildman–Crippen MR) is 130 cm³/mol. The summed E-state index contributed by atoms with van der Waals surface area (Å²) in [7, 11) is 0. The molecular formula is C27H44N4O. The number of likely N-dealkylation sites (tertiary alicyclic amines) is 2. The molecule has 3 aliphatic rings. The van der Waals surface area contributed by atoms with Gasteiger partial charge in [-0.25, -0.2) is 0 Å². The second-order valence-corrected chi connectivity index (χ2v) is 12.2. The zero-order valence-electron chi connectivity index (χ0n) is 20.8. The minimum atomic E-state index is 0.162. The normalized spacial score (nSPS) is 26.1. The van der Waals surface area contributed by atoms with E-state index in [9.17, 15) is 4.79 Å². The van der Waals surface area contributed by atoms with Gasteiger partial charge in [0.1, 0.15) is 0 Å². The predicted octanol–water partition coefficient (Wildman–Crippen LogP) is 4.48. The van der Waals surface area contributed by atoms with Crippen LogP contribution in [0.2, 0.25) is 0 Å². The summed E-state index contributed by atoms with van der Waals surface area (Å²) in [6, 6.07) is 5.39. The molecule has 2 saturated heterocycles. The average molecular weight is 441 g/mol. The molecule has 5 nitrogen and oxygen atoms in total. The smallest absolute Gasteiger partial charge is 0.223 e. The number of pyridine rings is 1. The number of amides is 1. The largest absolute Gasteiger partial charge is 0.352 e. The van der Waals surface area contributed by atoms with Crippen LogP contribution >= 0.6 is 0 Å². The van der Waals surface area contributed by atoms with Gasteiger partial charge in [0.25, 0.3) is 0 Å². The Hall–Kier alpha value is -1.46. The van der Waals surface area contributed by atoms with E-state index in [1.54, 1.807) is 6.20 Å². The Bertz CT molecular complexity index is 730. The average Bonchev–Trinajstić information content (AvgIpc) is 2.76. The lowest BCUT2D eigenvalue weighted by atomic mass is 9.63. The highest BCUT2D eigenvalue weighted by atomic mass is 16.1. The summed E-state index contributed by atoms with van der Waals surface area (Å²) in [5.41, 5.74) is 1.99. The lowest BCUT2D eigenvalue weighted by Gasteiger charge is -2.51. The molecule has 0 unspecified atom stereocenters. The monoisotopic (exact) mass is 440 g/mol. The maximum atomic E-state index is 12.6. The molecule has 2 aliphatic heterocycles. The fourth-order valence-electron chi connectivity index (χ4n) is 7.03. The molecule has 1 aromatic rings. The summed E-state index contributed by atoms with van der Waals surface area (Å²) in [5.74, 6) is 0.376. The Balaban J connectivity index is 1.20. The van der Waals surface area contributed by atoms with Gasteiger partial charge in [0, 0.05) is 36.9 Å². The molecule has 1 saturated carbocycles. The Morgan fingerprint density at radius 1 is 0.969 bits per heavy atom. The topological polar surface area (TPSA) is 48.5 Å². The molecule has 1 amide bonds. The van der Waals surface area contributed by atoms with E-state index >= 15 is 0 Å². The van der Waals surface area contributed by atoms with Gasteiger partial charge in [-0.05, 0) is 93.6 Å². The van der Waals surface area contributed by atoms with Crippen molar-refractivity contribution in [3.8, 4) is 0 Å². The molecule has 0 radical (unpaired) electrons. The van der Waals surface area contributed by atoms with Crippen LogP contribution in [0.1, 0.15) is 78.2 Å². The van der Waals surface area contributed by atoms with Crippen molar-refractivity contribution in [3.63, 3.8) is 0 Å². The Labute approximate surface area is 195 Å². The number of piperidine rings is 2. The van der Waals surface area contributed by atoms with Crippen LogP contribution in [-0.4, -0.2) is 59.0 Å². The number of rotatable bonds is 5. The van der Waals surface area contributed by atoms with Crippen molar-refractivity contribution in [3.05, 3.63) is 30.1 Å². The zero-order chi connectivity index (χ0) is 22.8. The van der Waals surface area contributed by atoms with Crippen LogP contribution in [0.4, 0.5) is 0 Å². The van der Waals surface area contributed by atoms with E-state index < -0.39 is 0 Å². The second-order valence-electron chi connectivity index (χ2n) is 12.2. The summed E-state index contributed by atoms with van der Waals surface area (Å²) in [6.45, 7) is 15.1. The number of carbonyl (C=O) groups is 1. The number of aromatic nitrogens is 1. The van der Waals surface area contributed by atoms with E-state index in [0.717, 1.165) is 37.5 Å². The molecule has 1 aromatic heterocycles. The van der Waals surface area contributed by atoms with Crippen molar-refractivity contribution in [2.45, 2.75) is 91.3 Å². The third kappa shape index (κ3) is 6.11. The molecule has 0 bridgehead atoms. The molecule has 1 aliphatic carbocycles. The van der Waals surface area contributed by atoms with Crippen LogP contribution in [0.15, 0.2) is 24.5 Å². The van der Waals surface area contributed by atoms with E-state index in [1.807, 2.05) is 18.3 Å². The van der Waals surface area contributed by atoms with Crippen molar-refractivity contribution < 1.29 is 4.79 Å². The Morgan fingerprint density at radius 3 is 2.16 bits per heavy atom. The van der Waals surface area contributed by atoms with E-state index in [-0.39, 0.29) is 11.8 Å². The van der Waals surface area contributed by atoms with Crippen molar-refractivity contribution in [1.29, 1.82) is 0 Å². The highest BCUT2D eigenvalue weighted by Crippen LogP contribution is 2.47. The molecule has 3 fully saturated rings. The van der Waals surface area contributed by atoms with Crippen LogP contribution in [0.5, 0.6) is 0 Å². The van der Waals surface area contributed by atoms with Crippen molar-refractivity contribution in [1.82, 2.24) is 20.1 Å². The first-order chi connectivity index (χ1) is 15.2. The standard InChI is InChI=1S/C27H44N4O/c1-26(2)16-24(17-27(3,4)20-26)31-14-9-23(10-15-31)30-12-7-22(8-13-30)25(32)29-19-21-6-5-11-28-18-21/h5-6,11,18,22-24H,7-10,12-17,19-20H2,1-4H3,(H,29,32). The van der Waals surface area contributed by atoms with Crippen LogP contribution < -0.4 is 5.32 Å². The number of hydrogen-bond acceptors (Lipinski definition) is 4. The van der Waals surface area contributed by atoms with Gasteiger partial charge < -0.3 is 15.1 Å². The molecular weight excluding hydrogens is 396 g/mol. The molecule has 0 aromatic carbocycles. The molecule has 32 heavy (non-hydrogen) atoms. The fraction of sp³-hybridized carbons (Fsp3) is 0.778. The minimum Gasteiger partial charge on any atom is -0.352 e. The molecule has 5 heteroatoms. The maximum Gasteiger partial charge on any atom is 0.223 e. The minimum absolute atomic E-state index is 0.162. The summed E-state index contributed by atoms with van der Waals surface area (Å²) < 4.78 is 0. The molecule has 178 valence electrons. The van der Waals surface area contributed by atoms with Gasteiger partial charge in [-0.15, -0.1) is 0 Å². The zero-order valence-corrected chi connectivity index (χ0v) is 20.8. The molecule has 4 rings (SSSR count). The quantitative estimate of drug-likeness (QED) is 0.733. The second kappa shape index (κ2) is 9.80. The number of nitrogens with zero attached hydrogens (tertiary/aromatic N) is 3. The third-order valence-corrected chi connectivity index (χ3v) is 8.16. The highest BCUT2D eigenvalue weighted by molar-refractivity contribution is 5.78. The van der Waals surface area contributed by atoms with Crippen molar-refractivity contribution >= 4 is 5.91 Å². The molecule has 0 atom stereocenters. The fourth-order valence-corrected chi connectivity index (χ4v) is 7.03. The molecule has 3 heterocycles. The number of hydrogen-bond donors (Lipinski definition) is 1. The van der Waals surface area contributed by atoms with E-state index in [4.69, 9.17) is 0 Å². The van der Waals surface area contributed by atoms with Crippen LogP contribution in [0.3, 0.4) is 0 Å². The Morgan fingerprint density at radius 2 is 1.56 bits per heavy atom. The highest BCUT2D eigenvalue weighted by Gasteiger charge is 2.41. The van der Waals surface area contributed by atoms with Gasteiger partial charge in [0.2, 0.25) is 5.91 Å². The summed E-state index contributed by atoms with van der Waals surface area (Å²) >= 11 is 0. The van der Waals surface area contributed by atoms with Crippen LogP contribution in [-0.2, 0) is 11.3 Å². The summed E-state index contributed by atoms with van der Waals surface area (Å²) in [5, 5.41) is 3.11. The molecule has 1 N–H and O–H groups in total. The van der Waals surface area contributed by atoms with Gasteiger partial charge in [-0.2, -0.15) is 0 Å². The van der Waals surface area contributed by atoms with Crippen LogP contribution in [0.25, 0.3) is 0 Å². The van der Waals surface area contributed by atoms with Gasteiger partial charge in [0.05, 0.1) is 0 Å². The first kappa shape index (κ1) is 23.7. The lowest BCUT2D eigenvalue weighted by Crippen LogP contribution is -2.53. The van der Waals surface area contributed by atoms with Crippen LogP contribution in [0, 0.1) is 16.7 Å². The van der Waals surface area contributed by atoms with E-state index in [0.29, 0.717) is 23.4 Å². The molecule has 0 spiro atoms. The summed E-state index contributed by atoms with van der Waals surface area (Å²) in [6.07, 6.45) is 12.2. The van der Waals surface area contributed by atoms with Gasteiger partial charge in [-0.1, -0.05) is 33.8 Å². The Kier molecular flexibility index (Phi) is 7.26. The van der Waals surface area contributed by atoms with Crippen molar-refractivity contribution in [2.24, 2.45) is 16.7 Å². The number of carbonyl (C=O) groups excluding carboxylic acids is 1. The van der Waals surface area contributed by atoms with E-state index in [1.165, 1.54) is 45.2 Å². The third-order valence-electron chi connectivity index (χ3n) is 8.16. The van der Waals surface area contributed by atoms with Gasteiger partial charge in [0.15, 0.2) is 0 Å². The number of nitrogens with one attached hydrogen (secondary N) is 1. The van der Waals surface area contributed by atoms with Gasteiger partial charge >= 0.3 is 0 Å². The first-order valence-corrected chi connectivity index (χ1v) is 12.9. The van der Waals surface area contributed by atoms with E-state index in [2.05, 4.69) is 47.8 Å². The lowest BCUT2D eigenvalue weighted by molar-refractivity contribution is -0.127. The SMILES string of the molecule is CC1(C)CC(N2CCC(N3CCC(C(=O)NCc4cccnc4)CC3)CC2)CC(C)(C)C1.